The minimum Gasteiger partial charge on any atom is -0.346 e. The Hall–Kier alpha value is -1.31. The van der Waals surface area contributed by atoms with Gasteiger partial charge in [0, 0.05) is 17.8 Å². The molecule has 2 aromatic rings. The lowest BCUT2D eigenvalue weighted by Gasteiger charge is -1.98. The van der Waals surface area contributed by atoms with Crippen molar-refractivity contribution in [3.8, 4) is 0 Å². The van der Waals surface area contributed by atoms with Gasteiger partial charge in [-0.2, -0.15) is 0 Å². The first-order valence-corrected chi connectivity index (χ1v) is 5.83. The average Bonchev–Trinajstić information content (AvgIpc) is 2.68. The minimum atomic E-state index is 1.02. The van der Waals surface area contributed by atoms with Crippen LogP contribution in [-0.2, 0) is 6.42 Å². The predicted molar refractivity (Wildman–Crippen MR) is 63.9 cm³/mol. The molecule has 2 heteroatoms. The summed E-state index contributed by atoms with van der Waals surface area (Å²) in [6, 6.07) is 4.15. The number of aryl methyl sites for hydroxylation is 1. The van der Waals surface area contributed by atoms with Crippen LogP contribution >= 0.6 is 0 Å². The van der Waals surface area contributed by atoms with Crippen molar-refractivity contribution in [2.75, 3.05) is 0 Å². The Morgan fingerprint density at radius 1 is 1.27 bits per heavy atom. The molecule has 0 amide bonds. The highest BCUT2D eigenvalue weighted by Gasteiger charge is 2.02. The quantitative estimate of drug-likeness (QED) is 0.736. The van der Waals surface area contributed by atoms with Crippen molar-refractivity contribution >= 4 is 11.0 Å². The molecule has 0 spiro atoms. The first kappa shape index (κ1) is 10.2. The Kier molecular flexibility index (Phi) is 3.38. The van der Waals surface area contributed by atoms with Gasteiger partial charge in [-0.1, -0.05) is 26.2 Å². The number of nitrogens with one attached hydrogen (secondary N) is 1. The first-order valence-electron chi connectivity index (χ1n) is 5.83. The van der Waals surface area contributed by atoms with Gasteiger partial charge in [0.15, 0.2) is 0 Å². The zero-order valence-electron chi connectivity index (χ0n) is 9.29. The van der Waals surface area contributed by atoms with Crippen LogP contribution in [0.15, 0.2) is 24.5 Å². The van der Waals surface area contributed by atoms with E-state index in [2.05, 4.69) is 29.2 Å². The molecule has 0 unspecified atom stereocenters. The van der Waals surface area contributed by atoms with Crippen LogP contribution in [0.25, 0.3) is 11.0 Å². The molecule has 0 saturated heterocycles. The Labute approximate surface area is 90.7 Å². The van der Waals surface area contributed by atoms with E-state index in [1.165, 1.54) is 43.1 Å². The van der Waals surface area contributed by atoms with Crippen LogP contribution in [-0.4, -0.2) is 9.97 Å². The Morgan fingerprint density at radius 3 is 3.07 bits per heavy atom. The molecule has 80 valence electrons. The van der Waals surface area contributed by atoms with Crippen LogP contribution in [0.2, 0.25) is 0 Å². The molecule has 2 rings (SSSR count). The standard InChI is InChI=1S/C13H18N2/c1-2-3-4-5-7-11-10-15-13-12(11)8-6-9-14-13/h6,8-10H,2-5,7H2,1H3,(H,14,15). The molecular formula is C13H18N2. The monoisotopic (exact) mass is 202 g/mol. The summed E-state index contributed by atoms with van der Waals surface area (Å²) in [7, 11) is 0. The van der Waals surface area contributed by atoms with Crippen LogP contribution < -0.4 is 0 Å². The Morgan fingerprint density at radius 2 is 2.20 bits per heavy atom. The molecule has 0 saturated carbocycles. The van der Waals surface area contributed by atoms with E-state index in [-0.39, 0.29) is 0 Å². The molecule has 2 nitrogen and oxygen atoms in total. The van der Waals surface area contributed by atoms with Crippen molar-refractivity contribution in [3.63, 3.8) is 0 Å². The van der Waals surface area contributed by atoms with Crippen LogP contribution in [0.4, 0.5) is 0 Å². The number of aromatic amines is 1. The first-order chi connectivity index (χ1) is 7.42. The van der Waals surface area contributed by atoms with Crippen LogP contribution in [0.1, 0.15) is 38.2 Å². The molecule has 0 aromatic carbocycles. The molecule has 0 bridgehead atoms. The molecule has 0 radical (unpaired) electrons. The summed E-state index contributed by atoms with van der Waals surface area (Å²) >= 11 is 0. The maximum absolute atomic E-state index is 4.29. The van der Waals surface area contributed by atoms with Gasteiger partial charge in [-0.15, -0.1) is 0 Å². The van der Waals surface area contributed by atoms with Gasteiger partial charge in [0.25, 0.3) is 0 Å². The third-order valence-corrected chi connectivity index (χ3v) is 2.84. The summed E-state index contributed by atoms with van der Waals surface area (Å²) in [6.07, 6.45) is 10.4. The van der Waals surface area contributed by atoms with Gasteiger partial charge in [0.2, 0.25) is 0 Å². The van der Waals surface area contributed by atoms with Gasteiger partial charge >= 0.3 is 0 Å². The minimum absolute atomic E-state index is 1.02. The number of nitrogens with zero attached hydrogens (tertiary/aromatic N) is 1. The highest BCUT2D eigenvalue weighted by atomic mass is 14.8. The van der Waals surface area contributed by atoms with Gasteiger partial charge in [-0.05, 0) is 30.5 Å². The Bertz CT molecular complexity index is 417. The largest absolute Gasteiger partial charge is 0.346 e. The van der Waals surface area contributed by atoms with E-state index in [1.807, 2.05) is 12.3 Å². The summed E-state index contributed by atoms with van der Waals surface area (Å²) in [4.78, 5) is 7.51. The SMILES string of the molecule is CCCCCCc1c[nH]c2ncccc12. The molecule has 0 aliphatic rings. The molecule has 2 aromatic heterocycles. The molecule has 15 heavy (non-hydrogen) atoms. The number of hydrogen-bond donors (Lipinski definition) is 1. The van der Waals surface area contributed by atoms with E-state index in [9.17, 15) is 0 Å². The van der Waals surface area contributed by atoms with Crippen molar-refractivity contribution in [3.05, 3.63) is 30.1 Å². The second-order valence-corrected chi connectivity index (χ2v) is 4.02. The summed E-state index contributed by atoms with van der Waals surface area (Å²) in [6.45, 7) is 2.25. The van der Waals surface area contributed by atoms with E-state index in [0.717, 1.165) is 5.65 Å². The van der Waals surface area contributed by atoms with Crippen molar-refractivity contribution < 1.29 is 0 Å². The fourth-order valence-electron chi connectivity index (χ4n) is 1.96. The molecule has 0 fully saturated rings. The summed E-state index contributed by atoms with van der Waals surface area (Å²) in [5.41, 5.74) is 2.43. The second kappa shape index (κ2) is 4.96. The smallest absolute Gasteiger partial charge is 0.137 e. The van der Waals surface area contributed by atoms with E-state index in [1.54, 1.807) is 0 Å². The second-order valence-electron chi connectivity index (χ2n) is 4.02. The van der Waals surface area contributed by atoms with Gasteiger partial charge in [0.05, 0.1) is 0 Å². The average molecular weight is 202 g/mol. The topological polar surface area (TPSA) is 28.7 Å². The predicted octanol–water partition coefficient (Wildman–Crippen LogP) is 3.69. The van der Waals surface area contributed by atoms with Crippen LogP contribution in [0.3, 0.4) is 0 Å². The number of pyridine rings is 1. The maximum Gasteiger partial charge on any atom is 0.137 e. The highest BCUT2D eigenvalue weighted by molar-refractivity contribution is 5.79. The van der Waals surface area contributed by atoms with Crippen molar-refractivity contribution in [1.29, 1.82) is 0 Å². The normalized spacial score (nSPS) is 11.0. The van der Waals surface area contributed by atoms with Gasteiger partial charge in [-0.3, -0.25) is 0 Å². The molecular weight excluding hydrogens is 184 g/mol. The number of unbranched alkanes of at least 4 members (excludes halogenated alkanes) is 3. The zero-order chi connectivity index (χ0) is 10.5. The maximum atomic E-state index is 4.29. The lowest BCUT2D eigenvalue weighted by molar-refractivity contribution is 0.668. The number of hydrogen-bond acceptors (Lipinski definition) is 1. The number of rotatable bonds is 5. The Balaban J connectivity index is 2.02. The lowest BCUT2D eigenvalue weighted by Crippen LogP contribution is -1.84. The van der Waals surface area contributed by atoms with E-state index in [4.69, 9.17) is 0 Å². The summed E-state index contributed by atoms with van der Waals surface area (Å²) in [5.74, 6) is 0. The highest BCUT2D eigenvalue weighted by Crippen LogP contribution is 2.18. The van der Waals surface area contributed by atoms with Crippen molar-refractivity contribution in [1.82, 2.24) is 9.97 Å². The third-order valence-electron chi connectivity index (χ3n) is 2.84. The number of aromatic nitrogens is 2. The van der Waals surface area contributed by atoms with Crippen LogP contribution in [0, 0.1) is 0 Å². The molecule has 0 aliphatic heterocycles. The van der Waals surface area contributed by atoms with Gasteiger partial charge in [-0.25, -0.2) is 4.98 Å². The molecule has 1 N–H and O–H groups in total. The third kappa shape index (κ3) is 2.38. The van der Waals surface area contributed by atoms with E-state index in [0.29, 0.717) is 0 Å². The summed E-state index contributed by atoms with van der Waals surface area (Å²) in [5, 5.41) is 1.29. The van der Waals surface area contributed by atoms with Crippen molar-refractivity contribution in [2.24, 2.45) is 0 Å². The number of fused-ring (bicyclic) bond motifs is 1. The van der Waals surface area contributed by atoms with Crippen LogP contribution in [0.5, 0.6) is 0 Å². The van der Waals surface area contributed by atoms with E-state index < -0.39 is 0 Å². The fourth-order valence-corrected chi connectivity index (χ4v) is 1.96. The van der Waals surface area contributed by atoms with E-state index >= 15 is 0 Å². The molecule has 0 aliphatic carbocycles. The van der Waals surface area contributed by atoms with Crippen molar-refractivity contribution in [2.45, 2.75) is 39.0 Å². The van der Waals surface area contributed by atoms with Gasteiger partial charge < -0.3 is 4.98 Å². The fraction of sp³-hybridized carbons (Fsp3) is 0.462. The lowest BCUT2D eigenvalue weighted by atomic mass is 10.1. The van der Waals surface area contributed by atoms with Gasteiger partial charge in [0.1, 0.15) is 5.65 Å². The zero-order valence-corrected chi connectivity index (χ0v) is 9.29. The molecule has 0 atom stereocenters. The number of H-pyrrole nitrogens is 1. The summed E-state index contributed by atoms with van der Waals surface area (Å²) < 4.78 is 0. The molecule has 2 heterocycles.